The lowest BCUT2D eigenvalue weighted by molar-refractivity contribution is 0.0475. The van der Waals surface area contributed by atoms with Crippen LogP contribution in [0.2, 0.25) is 0 Å². The number of Topliss-reactive ketones (excluding diaryl/α,β-unsaturated/α-hetero) is 1. The topological polar surface area (TPSA) is 56.3 Å². The number of fused-ring (bicyclic) bond motifs is 2. The number of carbonyl (C=O) groups is 2. The molecule has 2 aromatic carbocycles. The Balaban J connectivity index is 1.51. The van der Waals surface area contributed by atoms with Gasteiger partial charge in [-0.15, -0.1) is 11.3 Å². The normalized spacial score (nSPS) is 14.0. The van der Waals surface area contributed by atoms with Crippen molar-refractivity contribution in [3.05, 3.63) is 99.4 Å². The highest BCUT2D eigenvalue weighted by atomic mass is 32.1. The average molecular weight is 426 g/mol. The van der Waals surface area contributed by atoms with Crippen molar-refractivity contribution in [3.8, 4) is 0 Å². The Morgan fingerprint density at radius 3 is 2.58 bits per heavy atom. The van der Waals surface area contributed by atoms with Gasteiger partial charge in [0, 0.05) is 15.8 Å². The maximum absolute atomic E-state index is 13.2. The van der Waals surface area contributed by atoms with E-state index in [1.165, 1.54) is 0 Å². The summed E-state index contributed by atoms with van der Waals surface area (Å²) < 4.78 is 5.49. The number of ether oxygens (including phenoxy) is 1. The smallest absolute Gasteiger partial charge is 0.339 e. The summed E-state index contributed by atoms with van der Waals surface area (Å²) in [5.41, 5.74) is 4.68. The molecule has 0 N–H and O–H groups in total. The van der Waals surface area contributed by atoms with Crippen molar-refractivity contribution < 1.29 is 14.3 Å². The number of carbonyl (C=O) groups excluding carboxylic acids is 2. The number of benzene rings is 2. The fourth-order valence-electron chi connectivity index (χ4n) is 3.97. The molecule has 0 unspecified atom stereocenters. The summed E-state index contributed by atoms with van der Waals surface area (Å²) in [6.07, 6.45) is 3.69. The standard InChI is InChI=1S/C26H19NO3S/c28-23(17-7-2-1-3-8-17)16-30-26(29)24-20-10-4-5-11-22(20)27-25-18(12-13-21(24)25)15-19-9-6-14-31-19/h1-11,14-15H,12-13,16H2/b18-15-. The zero-order valence-corrected chi connectivity index (χ0v) is 17.5. The van der Waals surface area contributed by atoms with Crippen LogP contribution < -0.4 is 0 Å². The lowest BCUT2D eigenvalue weighted by Crippen LogP contribution is -2.16. The van der Waals surface area contributed by atoms with E-state index in [1.54, 1.807) is 35.6 Å². The van der Waals surface area contributed by atoms with E-state index < -0.39 is 5.97 Å². The Bertz CT molecular complexity index is 1310. The second kappa shape index (κ2) is 8.28. The van der Waals surface area contributed by atoms with Gasteiger partial charge in [0.1, 0.15) is 0 Å². The van der Waals surface area contributed by atoms with Crippen LogP contribution in [0.1, 0.15) is 43.3 Å². The number of nitrogens with zero attached hydrogens (tertiary/aromatic N) is 1. The van der Waals surface area contributed by atoms with Crippen molar-refractivity contribution in [1.29, 1.82) is 0 Å². The maximum atomic E-state index is 13.2. The van der Waals surface area contributed by atoms with Crippen LogP contribution in [0, 0.1) is 0 Å². The molecule has 0 fully saturated rings. The van der Waals surface area contributed by atoms with E-state index in [9.17, 15) is 9.59 Å². The molecule has 0 aliphatic heterocycles. The first-order valence-electron chi connectivity index (χ1n) is 10.1. The fourth-order valence-corrected chi connectivity index (χ4v) is 4.65. The first-order valence-corrected chi connectivity index (χ1v) is 11.0. The number of aromatic nitrogens is 1. The Morgan fingerprint density at radius 2 is 1.77 bits per heavy atom. The fraction of sp³-hybridized carbons (Fsp3) is 0.115. The molecule has 0 radical (unpaired) electrons. The quantitative estimate of drug-likeness (QED) is 0.298. The van der Waals surface area contributed by atoms with Gasteiger partial charge < -0.3 is 4.74 Å². The summed E-state index contributed by atoms with van der Waals surface area (Å²) in [6.45, 7) is -0.286. The van der Waals surface area contributed by atoms with Gasteiger partial charge in [-0.1, -0.05) is 54.6 Å². The van der Waals surface area contributed by atoms with Crippen molar-refractivity contribution in [3.63, 3.8) is 0 Å². The Labute approximate surface area is 183 Å². The molecule has 1 aliphatic carbocycles. The van der Waals surface area contributed by atoms with Gasteiger partial charge in [0.15, 0.2) is 12.4 Å². The van der Waals surface area contributed by atoms with Crippen molar-refractivity contribution >= 4 is 45.6 Å². The van der Waals surface area contributed by atoms with Crippen LogP contribution in [0.25, 0.3) is 22.6 Å². The molecule has 152 valence electrons. The molecule has 2 heterocycles. The molecule has 2 aromatic heterocycles. The second-order valence-electron chi connectivity index (χ2n) is 7.38. The lowest BCUT2D eigenvalue weighted by Gasteiger charge is -2.12. The monoisotopic (exact) mass is 425 g/mol. The molecular formula is C26H19NO3S. The molecular weight excluding hydrogens is 406 g/mol. The SMILES string of the molecule is O=C(COC(=O)c1c2c(nc3ccccc13)/C(=C\c1cccs1)CC2)c1ccccc1. The number of esters is 1. The van der Waals surface area contributed by atoms with E-state index >= 15 is 0 Å². The number of thiophene rings is 1. The lowest BCUT2D eigenvalue weighted by atomic mass is 10.0. The molecule has 0 atom stereocenters. The summed E-state index contributed by atoms with van der Waals surface area (Å²) in [7, 11) is 0. The van der Waals surface area contributed by atoms with Crippen LogP contribution in [-0.2, 0) is 11.2 Å². The number of ketones is 1. The number of allylic oxidation sites excluding steroid dienone is 1. The highest BCUT2D eigenvalue weighted by Crippen LogP contribution is 2.38. The van der Waals surface area contributed by atoms with Crippen LogP contribution >= 0.6 is 11.3 Å². The van der Waals surface area contributed by atoms with Crippen LogP contribution in [0.15, 0.2) is 72.1 Å². The highest BCUT2D eigenvalue weighted by molar-refractivity contribution is 7.10. The number of hydrogen-bond donors (Lipinski definition) is 0. The highest BCUT2D eigenvalue weighted by Gasteiger charge is 2.28. The number of hydrogen-bond acceptors (Lipinski definition) is 5. The molecule has 4 nitrogen and oxygen atoms in total. The third kappa shape index (κ3) is 3.80. The van der Waals surface area contributed by atoms with Crippen molar-refractivity contribution in [2.24, 2.45) is 0 Å². The van der Waals surface area contributed by atoms with Crippen LogP contribution in [0.3, 0.4) is 0 Å². The van der Waals surface area contributed by atoms with Gasteiger partial charge in [0.2, 0.25) is 0 Å². The number of pyridine rings is 1. The first-order chi connectivity index (χ1) is 15.2. The van der Waals surface area contributed by atoms with Gasteiger partial charge >= 0.3 is 5.97 Å². The average Bonchev–Trinajstić information content (AvgIpc) is 3.47. The third-order valence-electron chi connectivity index (χ3n) is 5.44. The molecule has 0 saturated heterocycles. The molecule has 0 spiro atoms. The van der Waals surface area contributed by atoms with E-state index in [2.05, 4.69) is 12.1 Å². The molecule has 5 rings (SSSR count). The summed E-state index contributed by atoms with van der Waals surface area (Å²) in [5.74, 6) is -0.696. The van der Waals surface area contributed by atoms with Gasteiger partial charge in [0.25, 0.3) is 0 Å². The molecule has 0 amide bonds. The van der Waals surface area contributed by atoms with Gasteiger partial charge in [0.05, 0.1) is 16.8 Å². The van der Waals surface area contributed by atoms with Gasteiger partial charge in [-0.3, -0.25) is 4.79 Å². The largest absolute Gasteiger partial charge is 0.454 e. The van der Waals surface area contributed by atoms with Gasteiger partial charge in [-0.2, -0.15) is 0 Å². The van der Waals surface area contributed by atoms with E-state index in [0.29, 0.717) is 11.1 Å². The molecule has 31 heavy (non-hydrogen) atoms. The molecule has 0 bridgehead atoms. The van der Waals surface area contributed by atoms with Crippen molar-refractivity contribution in [2.45, 2.75) is 12.8 Å². The number of rotatable bonds is 5. The first kappa shape index (κ1) is 19.4. The van der Waals surface area contributed by atoms with E-state index in [1.807, 2.05) is 41.8 Å². The van der Waals surface area contributed by atoms with Crippen molar-refractivity contribution in [1.82, 2.24) is 4.98 Å². The second-order valence-corrected chi connectivity index (χ2v) is 8.36. The summed E-state index contributed by atoms with van der Waals surface area (Å²) in [6, 6.07) is 20.5. The minimum absolute atomic E-state index is 0.220. The Kier molecular flexibility index (Phi) is 5.18. The van der Waals surface area contributed by atoms with E-state index in [0.717, 1.165) is 45.5 Å². The van der Waals surface area contributed by atoms with Crippen LogP contribution in [-0.4, -0.2) is 23.3 Å². The predicted molar refractivity (Wildman–Crippen MR) is 123 cm³/mol. The van der Waals surface area contributed by atoms with E-state index in [4.69, 9.17) is 9.72 Å². The van der Waals surface area contributed by atoms with Crippen molar-refractivity contribution in [2.75, 3.05) is 6.61 Å². The summed E-state index contributed by atoms with van der Waals surface area (Å²) >= 11 is 1.67. The van der Waals surface area contributed by atoms with E-state index in [-0.39, 0.29) is 12.4 Å². The minimum Gasteiger partial charge on any atom is -0.454 e. The minimum atomic E-state index is -0.475. The van der Waals surface area contributed by atoms with Gasteiger partial charge in [-0.05, 0) is 47.6 Å². The summed E-state index contributed by atoms with van der Waals surface area (Å²) in [5, 5.41) is 2.80. The van der Waals surface area contributed by atoms with Gasteiger partial charge in [-0.25, -0.2) is 9.78 Å². The maximum Gasteiger partial charge on any atom is 0.339 e. The zero-order chi connectivity index (χ0) is 21.2. The molecule has 0 saturated carbocycles. The molecule has 5 heteroatoms. The molecule has 1 aliphatic rings. The Hall–Kier alpha value is -3.57. The summed E-state index contributed by atoms with van der Waals surface area (Å²) in [4.78, 5) is 31.6. The third-order valence-corrected chi connectivity index (χ3v) is 6.26. The predicted octanol–water partition coefficient (Wildman–Crippen LogP) is 5.82. The van der Waals surface area contributed by atoms with Crippen LogP contribution in [0.4, 0.5) is 0 Å². The zero-order valence-electron chi connectivity index (χ0n) is 16.7. The Morgan fingerprint density at radius 1 is 0.968 bits per heavy atom. The van der Waals surface area contributed by atoms with Crippen LogP contribution in [0.5, 0.6) is 0 Å². The molecule has 4 aromatic rings. The number of para-hydroxylation sites is 1.